The maximum absolute atomic E-state index is 13.4. The summed E-state index contributed by atoms with van der Waals surface area (Å²) in [4.78, 5) is 5.19. The van der Waals surface area contributed by atoms with Crippen LogP contribution in [0.1, 0.15) is 69.7 Å². The molecule has 1 aromatic carbocycles. The first-order valence-corrected chi connectivity index (χ1v) is 10.3. The summed E-state index contributed by atoms with van der Waals surface area (Å²) in [6.07, 6.45) is 8.35. The van der Waals surface area contributed by atoms with E-state index in [0.717, 1.165) is 23.3 Å². The highest BCUT2D eigenvalue weighted by Crippen LogP contribution is 2.60. The molecule has 0 aliphatic heterocycles. The van der Waals surface area contributed by atoms with Crippen molar-refractivity contribution in [1.82, 2.24) is 4.98 Å². The van der Waals surface area contributed by atoms with Crippen molar-refractivity contribution in [1.29, 1.82) is 0 Å². The van der Waals surface area contributed by atoms with Crippen LogP contribution in [0, 0.1) is 23.6 Å². The average Bonchev–Trinajstić information content (AvgIpc) is 2.61. The lowest BCUT2D eigenvalue weighted by Gasteiger charge is -2.56. The van der Waals surface area contributed by atoms with E-state index in [4.69, 9.17) is 4.98 Å². The first kappa shape index (κ1) is 16.5. The minimum absolute atomic E-state index is 0.173. The Bertz CT molecular complexity index is 785. The number of halogens is 1. The lowest BCUT2D eigenvalue weighted by atomic mass is 9.48. The van der Waals surface area contributed by atoms with Crippen molar-refractivity contribution in [2.24, 2.45) is 17.8 Å². The van der Waals surface area contributed by atoms with Gasteiger partial charge in [-0.3, -0.25) is 4.98 Å². The second-order valence-electron chi connectivity index (χ2n) is 9.53. The van der Waals surface area contributed by atoms with E-state index in [2.05, 4.69) is 26.0 Å². The molecule has 26 heavy (non-hydrogen) atoms. The van der Waals surface area contributed by atoms with Gasteiger partial charge in [-0.1, -0.05) is 26.0 Å². The molecule has 0 unspecified atom stereocenters. The minimum atomic E-state index is -0.173. The van der Waals surface area contributed by atoms with Crippen LogP contribution in [0.2, 0.25) is 0 Å². The quantitative estimate of drug-likeness (QED) is 0.618. The Kier molecular flexibility index (Phi) is 3.74. The minimum Gasteiger partial charge on any atom is -0.257 e. The molecule has 6 rings (SSSR count). The van der Waals surface area contributed by atoms with Crippen molar-refractivity contribution in [3.63, 3.8) is 0 Å². The van der Waals surface area contributed by atoms with Gasteiger partial charge in [0.15, 0.2) is 0 Å². The Hall–Kier alpha value is -1.70. The van der Waals surface area contributed by atoms with Gasteiger partial charge in [0.25, 0.3) is 0 Å². The van der Waals surface area contributed by atoms with Crippen LogP contribution in [-0.2, 0) is 5.41 Å². The predicted molar refractivity (Wildman–Crippen MR) is 104 cm³/mol. The van der Waals surface area contributed by atoms with Gasteiger partial charge >= 0.3 is 0 Å². The first-order valence-electron chi connectivity index (χ1n) is 10.3. The highest BCUT2D eigenvalue weighted by atomic mass is 19.1. The molecule has 4 bridgehead atoms. The molecule has 4 aliphatic carbocycles. The second kappa shape index (κ2) is 5.90. The topological polar surface area (TPSA) is 12.9 Å². The third-order valence-corrected chi connectivity index (χ3v) is 7.20. The molecule has 2 aromatic rings. The summed E-state index contributed by atoms with van der Waals surface area (Å²) in [5, 5.41) is 0. The number of rotatable bonds is 3. The maximum atomic E-state index is 13.4. The van der Waals surface area contributed by atoms with Crippen molar-refractivity contribution < 1.29 is 4.39 Å². The van der Waals surface area contributed by atoms with Crippen molar-refractivity contribution >= 4 is 0 Å². The summed E-state index contributed by atoms with van der Waals surface area (Å²) in [6.45, 7) is 4.44. The van der Waals surface area contributed by atoms with Gasteiger partial charge in [0.2, 0.25) is 0 Å². The Morgan fingerprint density at radius 1 is 0.885 bits per heavy atom. The van der Waals surface area contributed by atoms with E-state index in [1.54, 1.807) is 12.1 Å². The van der Waals surface area contributed by atoms with E-state index in [-0.39, 0.29) is 5.82 Å². The fraction of sp³-hybridized carbons (Fsp3) is 0.542. The predicted octanol–water partition coefficient (Wildman–Crippen LogP) is 6.48. The van der Waals surface area contributed by atoms with Crippen molar-refractivity contribution in [2.45, 2.75) is 63.7 Å². The van der Waals surface area contributed by atoms with Gasteiger partial charge in [0.1, 0.15) is 5.82 Å². The first-order chi connectivity index (χ1) is 12.5. The van der Waals surface area contributed by atoms with E-state index >= 15 is 0 Å². The van der Waals surface area contributed by atoms with Gasteiger partial charge in [-0.05, 0) is 97.6 Å². The van der Waals surface area contributed by atoms with Crippen LogP contribution in [-0.4, -0.2) is 4.98 Å². The van der Waals surface area contributed by atoms with Crippen LogP contribution >= 0.6 is 0 Å². The van der Waals surface area contributed by atoms with E-state index < -0.39 is 0 Å². The van der Waals surface area contributed by atoms with Gasteiger partial charge < -0.3 is 0 Å². The van der Waals surface area contributed by atoms with Crippen molar-refractivity contribution in [3.8, 4) is 11.1 Å². The highest BCUT2D eigenvalue weighted by molar-refractivity contribution is 5.64. The summed E-state index contributed by atoms with van der Waals surface area (Å²) < 4.78 is 13.4. The SMILES string of the molecule is CC(C)c1cc(-c2ccc(F)cc2)cc(C23CC4CC(CC(C4)C2)C3)n1. The van der Waals surface area contributed by atoms with E-state index in [9.17, 15) is 4.39 Å². The number of hydrogen-bond acceptors (Lipinski definition) is 1. The highest BCUT2D eigenvalue weighted by Gasteiger charge is 2.52. The number of nitrogens with zero attached hydrogens (tertiary/aromatic N) is 1. The Balaban J connectivity index is 1.61. The van der Waals surface area contributed by atoms with Crippen LogP contribution in [0.25, 0.3) is 11.1 Å². The molecule has 1 aromatic heterocycles. The van der Waals surface area contributed by atoms with Gasteiger partial charge in [0, 0.05) is 16.8 Å². The Morgan fingerprint density at radius 2 is 1.46 bits per heavy atom. The van der Waals surface area contributed by atoms with E-state index in [1.807, 2.05) is 12.1 Å². The third-order valence-electron chi connectivity index (χ3n) is 7.20. The molecule has 0 N–H and O–H groups in total. The van der Waals surface area contributed by atoms with E-state index in [0.29, 0.717) is 11.3 Å². The molecular weight excluding hydrogens is 321 g/mol. The molecular formula is C24H28FN. The monoisotopic (exact) mass is 349 g/mol. The molecule has 0 saturated heterocycles. The number of aromatic nitrogens is 1. The third kappa shape index (κ3) is 2.69. The smallest absolute Gasteiger partial charge is 0.123 e. The summed E-state index contributed by atoms with van der Waals surface area (Å²) in [5.74, 6) is 2.98. The summed E-state index contributed by atoms with van der Waals surface area (Å²) in [7, 11) is 0. The number of benzene rings is 1. The number of hydrogen-bond donors (Lipinski definition) is 0. The van der Waals surface area contributed by atoms with Crippen LogP contribution < -0.4 is 0 Å². The fourth-order valence-electron chi connectivity index (χ4n) is 6.35. The van der Waals surface area contributed by atoms with Crippen LogP contribution in [0.3, 0.4) is 0 Å². The fourth-order valence-corrected chi connectivity index (χ4v) is 6.35. The molecule has 4 aliphatic rings. The van der Waals surface area contributed by atoms with Gasteiger partial charge in [0.05, 0.1) is 0 Å². The summed E-state index contributed by atoms with van der Waals surface area (Å²) >= 11 is 0. The largest absolute Gasteiger partial charge is 0.257 e. The van der Waals surface area contributed by atoms with Gasteiger partial charge in [-0.25, -0.2) is 4.39 Å². The van der Waals surface area contributed by atoms with Crippen LogP contribution in [0.4, 0.5) is 4.39 Å². The van der Waals surface area contributed by atoms with Crippen molar-refractivity contribution in [3.05, 3.63) is 53.6 Å². The van der Waals surface area contributed by atoms with Gasteiger partial charge in [-0.2, -0.15) is 0 Å². The molecule has 2 heteroatoms. The lowest BCUT2D eigenvalue weighted by molar-refractivity contribution is -0.00727. The molecule has 1 heterocycles. The van der Waals surface area contributed by atoms with Crippen LogP contribution in [0.15, 0.2) is 36.4 Å². The molecule has 4 saturated carbocycles. The zero-order valence-corrected chi connectivity index (χ0v) is 15.8. The zero-order chi connectivity index (χ0) is 17.9. The molecule has 136 valence electrons. The van der Waals surface area contributed by atoms with E-state index in [1.165, 1.54) is 55.5 Å². The van der Waals surface area contributed by atoms with Crippen LogP contribution in [0.5, 0.6) is 0 Å². The molecule has 1 nitrogen and oxygen atoms in total. The Labute approximate surface area is 156 Å². The molecule has 0 spiro atoms. The molecule has 0 radical (unpaired) electrons. The normalized spacial score (nSPS) is 32.4. The molecule has 0 amide bonds. The lowest BCUT2D eigenvalue weighted by Crippen LogP contribution is -2.49. The second-order valence-corrected chi connectivity index (χ2v) is 9.53. The zero-order valence-electron chi connectivity index (χ0n) is 15.8. The standard InChI is InChI=1S/C24H28FN/c1-15(2)22-10-20(19-3-5-21(25)6-4-19)11-23(26-22)24-12-16-7-17(13-24)9-18(8-16)14-24/h3-6,10-11,15-18H,7-9,12-14H2,1-2H3. The maximum Gasteiger partial charge on any atom is 0.123 e. The molecule has 4 fully saturated rings. The van der Waals surface area contributed by atoms with Crippen molar-refractivity contribution in [2.75, 3.05) is 0 Å². The number of pyridine rings is 1. The average molecular weight is 349 g/mol. The summed E-state index contributed by atoms with van der Waals surface area (Å²) in [5.41, 5.74) is 5.10. The van der Waals surface area contributed by atoms with Gasteiger partial charge in [-0.15, -0.1) is 0 Å². The molecule has 0 atom stereocenters. The summed E-state index contributed by atoms with van der Waals surface area (Å²) in [6, 6.07) is 11.5. The Morgan fingerprint density at radius 3 is 2.00 bits per heavy atom.